The molecule has 0 atom stereocenters. The average Bonchev–Trinajstić information content (AvgIpc) is 2.29. The summed E-state index contributed by atoms with van der Waals surface area (Å²) in [5.41, 5.74) is 3.28. The highest BCUT2D eigenvalue weighted by molar-refractivity contribution is 5.85. The highest BCUT2D eigenvalue weighted by Gasteiger charge is 2.04. The first kappa shape index (κ1) is 12.2. The summed E-state index contributed by atoms with van der Waals surface area (Å²) in [6.07, 6.45) is 1.57. The summed E-state index contributed by atoms with van der Waals surface area (Å²) < 4.78 is 5.15. The Morgan fingerprint density at radius 1 is 1.44 bits per heavy atom. The molecule has 16 heavy (non-hydrogen) atoms. The highest BCUT2D eigenvalue weighted by atomic mass is 16.5. The van der Waals surface area contributed by atoms with Crippen LogP contribution in [-0.4, -0.2) is 19.2 Å². The normalized spacial score (nSPS) is 10.8. The largest absolute Gasteiger partial charge is 0.496 e. The van der Waals surface area contributed by atoms with Gasteiger partial charge in [-0.25, -0.2) is 5.43 Å². The lowest BCUT2D eigenvalue weighted by atomic mass is 10.2. The van der Waals surface area contributed by atoms with E-state index in [0.29, 0.717) is 0 Å². The maximum atomic E-state index is 11.2. The van der Waals surface area contributed by atoms with Crippen molar-refractivity contribution >= 4 is 12.1 Å². The standard InChI is InChI=1S/C12H16N2O2/c1-9(2)12(15)14-13-8-10-6-4-5-7-11(10)16-3/h4-9H,1-3H3,(H,14,15)/b13-8-. The molecule has 86 valence electrons. The zero-order chi connectivity index (χ0) is 12.0. The summed E-state index contributed by atoms with van der Waals surface area (Å²) >= 11 is 0. The van der Waals surface area contributed by atoms with Gasteiger partial charge in [0.2, 0.25) is 5.91 Å². The fraction of sp³-hybridized carbons (Fsp3) is 0.333. The van der Waals surface area contributed by atoms with E-state index in [4.69, 9.17) is 4.74 Å². The molecule has 0 spiro atoms. The zero-order valence-corrected chi connectivity index (χ0v) is 9.73. The second-order valence-corrected chi connectivity index (χ2v) is 3.63. The third-order valence-corrected chi connectivity index (χ3v) is 2.04. The number of amides is 1. The fourth-order valence-corrected chi connectivity index (χ4v) is 1.07. The van der Waals surface area contributed by atoms with Crippen molar-refractivity contribution in [3.8, 4) is 5.75 Å². The third-order valence-electron chi connectivity index (χ3n) is 2.04. The van der Waals surface area contributed by atoms with Crippen LogP contribution in [0.1, 0.15) is 19.4 Å². The minimum Gasteiger partial charge on any atom is -0.496 e. The number of para-hydroxylation sites is 1. The summed E-state index contributed by atoms with van der Waals surface area (Å²) in [4.78, 5) is 11.2. The number of hydrazone groups is 1. The van der Waals surface area contributed by atoms with Crippen LogP contribution in [0.3, 0.4) is 0 Å². The van der Waals surface area contributed by atoms with Crippen molar-refractivity contribution in [2.24, 2.45) is 11.0 Å². The number of carbonyl (C=O) groups excluding carboxylic acids is 1. The molecule has 0 unspecified atom stereocenters. The molecule has 0 heterocycles. The van der Waals surface area contributed by atoms with Gasteiger partial charge in [-0.3, -0.25) is 4.79 Å². The quantitative estimate of drug-likeness (QED) is 0.621. The third kappa shape index (κ3) is 3.38. The van der Waals surface area contributed by atoms with Crippen LogP contribution in [0.2, 0.25) is 0 Å². The number of benzene rings is 1. The van der Waals surface area contributed by atoms with Crippen LogP contribution in [0.4, 0.5) is 0 Å². The van der Waals surface area contributed by atoms with Crippen LogP contribution < -0.4 is 10.2 Å². The Hall–Kier alpha value is -1.84. The van der Waals surface area contributed by atoms with Crippen molar-refractivity contribution in [3.63, 3.8) is 0 Å². The fourth-order valence-electron chi connectivity index (χ4n) is 1.07. The number of nitrogens with zero attached hydrogens (tertiary/aromatic N) is 1. The van der Waals surface area contributed by atoms with E-state index in [-0.39, 0.29) is 11.8 Å². The molecule has 1 aromatic carbocycles. The summed E-state index contributed by atoms with van der Waals surface area (Å²) in [5.74, 6) is 0.547. The van der Waals surface area contributed by atoms with Gasteiger partial charge >= 0.3 is 0 Å². The summed E-state index contributed by atoms with van der Waals surface area (Å²) in [6.45, 7) is 3.63. The van der Waals surface area contributed by atoms with Crippen molar-refractivity contribution < 1.29 is 9.53 Å². The van der Waals surface area contributed by atoms with E-state index >= 15 is 0 Å². The molecule has 1 N–H and O–H groups in total. The second kappa shape index (κ2) is 5.90. The Labute approximate surface area is 95.3 Å². The molecule has 0 bridgehead atoms. The van der Waals surface area contributed by atoms with Gasteiger partial charge in [0.1, 0.15) is 5.75 Å². The van der Waals surface area contributed by atoms with Crippen LogP contribution in [0.5, 0.6) is 5.75 Å². The molecule has 1 amide bonds. The Balaban J connectivity index is 2.66. The molecule has 0 aliphatic carbocycles. The van der Waals surface area contributed by atoms with E-state index in [1.54, 1.807) is 13.3 Å². The van der Waals surface area contributed by atoms with Gasteiger partial charge < -0.3 is 4.74 Å². The molecule has 0 aromatic heterocycles. The van der Waals surface area contributed by atoms with Crippen LogP contribution in [0.25, 0.3) is 0 Å². The predicted molar refractivity (Wildman–Crippen MR) is 63.6 cm³/mol. The van der Waals surface area contributed by atoms with Gasteiger partial charge in [-0.1, -0.05) is 26.0 Å². The molecule has 0 saturated heterocycles. The van der Waals surface area contributed by atoms with Crippen LogP contribution in [-0.2, 0) is 4.79 Å². The van der Waals surface area contributed by atoms with Gasteiger partial charge in [0.25, 0.3) is 0 Å². The molecule has 1 aromatic rings. The lowest BCUT2D eigenvalue weighted by Gasteiger charge is -2.04. The highest BCUT2D eigenvalue weighted by Crippen LogP contribution is 2.14. The van der Waals surface area contributed by atoms with E-state index in [9.17, 15) is 4.79 Å². The monoisotopic (exact) mass is 220 g/mol. The maximum absolute atomic E-state index is 11.2. The molecular formula is C12H16N2O2. The van der Waals surface area contributed by atoms with E-state index < -0.39 is 0 Å². The lowest BCUT2D eigenvalue weighted by molar-refractivity contribution is -0.123. The molecule has 4 heteroatoms. The number of hydrogen-bond acceptors (Lipinski definition) is 3. The average molecular weight is 220 g/mol. The first-order valence-electron chi connectivity index (χ1n) is 5.11. The number of rotatable bonds is 4. The minimum absolute atomic E-state index is 0.0742. The van der Waals surface area contributed by atoms with Crippen molar-refractivity contribution in [3.05, 3.63) is 29.8 Å². The Bertz CT molecular complexity index is 386. The Morgan fingerprint density at radius 2 is 2.12 bits per heavy atom. The number of ether oxygens (including phenoxy) is 1. The SMILES string of the molecule is COc1ccccc1/C=N\NC(=O)C(C)C. The smallest absolute Gasteiger partial charge is 0.242 e. The van der Waals surface area contributed by atoms with E-state index in [1.807, 2.05) is 38.1 Å². The van der Waals surface area contributed by atoms with Crippen molar-refractivity contribution in [2.75, 3.05) is 7.11 Å². The number of methoxy groups -OCH3 is 1. The van der Waals surface area contributed by atoms with Gasteiger partial charge in [-0.05, 0) is 12.1 Å². The molecular weight excluding hydrogens is 204 g/mol. The molecule has 0 saturated carbocycles. The molecule has 0 aliphatic rings. The van der Waals surface area contributed by atoms with Crippen LogP contribution in [0.15, 0.2) is 29.4 Å². The van der Waals surface area contributed by atoms with Gasteiger partial charge in [0.15, 0.2) is 0 Å². The Morgan fingerprint density at radius 3 is 2.75 bits per heavy atom. The first-order valence-corrected chi connectivity index (χ1v) is 5.11. The van der Waals surface area contributed by atoms with Gasteiger partial charge in [-0.15, -0.1) is 0 Å². The molecule has 0 aliphatic heterocycles. The van der Waals surface area contributed by atoms with E-state index in [2.05, 4.69) is 10.5 Å². The van der Waals surface area contributed by atoms with Crippen molar-refractivity contribution in [1.82, 2.24) is 5.43 Å². The van der Waals surface area contributed by atoms with Gasteiger partial charge in [0, 0.05) is 11.5 Å². The molecule has 0 radical (unpaired) electrons. The maximum Gasteiger partial charge on any atom is 0.242 e. The van der Waals surface area contributed by atoms with Crippen molar-refractivity contribution in [1.29, 1.82) is 0 Å². The number of carbonyl (C=O) groups is 1. The molecule has 1 rings (SSSR count). The molecule has 4 nitrogen and oxygen atoms in total. The second-order valence-electron chi connectivity index (χ2n) is 3.63. The summed E-state index contributed by atoms with van der Waals surface area (Å²) in [6, 6.07) is 7.46. The zero-order valence-electron chi connectivity index (χ0n) is 9.73. The number of hydrogen-bond donors (Lipinski definition) is 1. The summed E-state index contributed by atoms with van der Waals surface area (Å²) in [7, 11) is 1.60. The predicted octanol–water partition coefficient (Wildman–Crippen LogP) is 1.80. The van der Waals surface area contributed by atoms with Crippen LogP contribution >= 0.6 is 0 Å². The minimum atomic E-state index is -0.105. The van der Waals surface area contributed by atoms with Gasteiger partial charge in [0.05, 0.1) is 13.3 Å². The lowest BCUT2D eigenvalue weighted by Crippen LogP contribution is -2.22. The van der Waals surface area contributed by atoms with Gasteiger partial charge in [-0.2, -0.15) is 5.10 Å². The van der Waals surface area contributed by atoms with E-state index in [1.165, 1.54) is 0 Å². The van der Waals surface area contributed by atoms with Crippen LogP contribution in [0, 0.1) is 5.92 Å². The Kier molecular flexibility index (Phi) is 4.51. The topological polar surface area (TPSA) is 50.7 Å². The number of nitrogens with one attached hydrogen (secondary N) is 1. The summed E-state index contributed by atoms with van der Waals surface area (Å²) in [5, 5.41) is 3.87. The van der Waals surface area contributed by atoms with Crippen molar-refractivity contribution in [2.45, 2.75) is 13.8 Å². The first-order chi connectivity index (χ1) is 7.65. The van der Waals surface area contributed by atoms with E-state index in [0.717, 1.165) is 11.3 Å². The molecule has 0 fully saturated rings.